The average Bonchev–Trinajstić information content (AvgIpc) is 2.89. The van der Waals surface area contributed by atoms with Crippen molar-refractivity contribution in [2.24, 2.45) is 17.6 Å². The Morgan fingerprint density at radius 2 is 1.83 bits per heavy atom. The molecule has 0 spiro atoms. The number of hydrogen-bond acceptors (Lipinski definition) is 2. The lowest BCUT2D eigenvalue weighted by Gasteiger charge is -2.34. The van der Waals surface area contributed by atoms with Gasteiger partial charge in [-0.2, -0.15) is 0 Å². The van der Waals surface area contributed by atoms with Crippen LogP contribution in [0.1, 0.15) is 58.3 Å². The van der Waals surface area contributed by atoms with E-state index in [9.17, 15) is 4.79 Å². The Bertz CT molecular complexity index is 264. The number of amides is 1. The maximum absolute atomic E-state index is 12.1. The van der Waals surface area contributed by atoms with E-state index in [4.69, 9.17) is 5.73 Å². The molecule has 0 aromatic rings. The van der Waals surface area contributed by atoms with Crippen LogP contribution < -0.4 is 5.73 Å². The van der Waals surface area contributed by atoms with E-state index in [0.717, 1.165) is 44.7 Å². The third kappa shape index (κ3) is 3.71. The first kappa shape index (κ1) is 13.9. The maximum atomic E-state index is 12.1. The van der Waals surface area contributed by atoms with Crippen LogP contribution in [0.15, 0.2) is 0 Å². The van der Waals surface area contributed by atoms with Crippen molar-refractivity contribution < 1.29 is 4.79 Å². The molecule has 1 atom stereocenters. The predicted octanol–water partition coefficient (Wildman–Crippen LogP) is 2.54. The van der Waals surface area contributed by atoms with Gasteiger partial charge < -0.3 is 10.6 Å². The minimum absolute atomic E-state index is 0.278. The zero-order valence-electron chi connectivity index (χ0n) is 11.7. The first-order chi connectivity index (χ1) is 8.66. The molecule has 2 aliphatic rings. The molecule has 2 rings (SSSR count). The first-order valence-corrected chi connectivity index (χ1v) is 7.70. The largest absolute Gasteiger partial charge is 0.343 e. The fraction of sp³-hybridized carbons (Fsp3) is 0.933. The van der Waals surface area contributed by atoms with Gasteiger partial charge in [0.15, 0.2) is 0 Å². The Kier molecular flexibility index (Phi) is 5.04. The van der Waals surface area contributed by atoms with E-state index in [-0.39, 0.29) is 6.04 Å². The third-order valence-corrected chi connectivity index (χ3v) is 4.88. The molecular weight excluding hydrogens is 224 g/mol. The number of hydrogen-bond donors (Lipinski definition) is 1. The Morgan fingerprint density at radius 3 is 2.39 bits per heavy atom. The Morgan fingerprint density at radius 1 is 1.22 bits per heavy atom. The summed E-state index contributed by atoms with van der Waals surface area (Å²) in [5.41, 5.74) is 5.93. The molecule has 3 nitrogen and oxygen atoms in total. The molecule has 2 N–H and O–H groups in total. The lowest BCUT2D eigenvalue weighted by molar-refractivity contribution is -0.133. The van der Waals surface area contributed by atoms with Gasteiger partial charge in [0, 0.05) is 25.6 Å². The van der Waals surface area contributed by atoms with Gasteiger partial charge in [-0.25, -0.2) is 0 Å². The number of nitrogens with zero attached hydrogens (tertiary/aromatic N) is 1. The second kappa shape index (κ2) is 6.55. The van der Waals surface area contributed by atoms with Gasteiger partial charge in [-0.1, -0.05) is 25.7 Å². The fourth-order valence-corrected chi connectivity index (χ4v) is 3.46. The summed E-state index contributed by atoms with van der Waals surface area (Å²) in [6, 6.07) is 0.278. The van der Waals surface area contributed by atoms with Gasteiger partial charge >= 0.3 is 0 Å². The van der Waals surface area contributed by atoms with Crippen molar-refractivity contribution in [2.75, 3.05) is 13.1 Å². The van der Waals surface area contributed by atoms with Gasteiger partial charge in [-0.3, -0.25) is 4.79 Å². The molecule has 1 saturated carbocycles. The number of carbonyl (C=O) groups excluding carboxylic acids is 1. The Hall–Kier alpha value is -0.570. The molecule has 0 aromatic carbocycles. The molecule has 1 unspecified atom stereocenters. The van der Waals surface area contributed by atoms with Crippen molar-refractivity contribution in [1.29, 1.82) is 0 Å². The van der Waals surface area contributed by atoms with Crippen LogP contribution in [0.25, 0.3) is 0 Å². The van der Waals surface area contributed by atoms with Crippen molar-refractivity contribution in [2.45, 2.75) is 64.3 Å². The van der Waals surface area contributed by atoms with Gasteiger partial charge in [0.2, 0.25) is 5.91 Å². The molecule has 2 fully saturated rings. The van der Waals surface area contributed by atoms with E-state index in [1.54, 1.807) is 0 Å². The average molecular weight is 252 g/mol. The SMILES string of the molecule is CC(N)C1CCN(C(=O)CCC2CCCC2)CC1. The highest BCUT2D eigenvalue weighted by molar-refractivity contribution is 5.76. The van der Waals surface area contributed by atoms with Crippen LogP contribution in [0.5, 0.6) is 0 Å². The molecule has 18 heavy (non-hydrogen) atoms. The van der Waals surface area contributed by atoms with Crippen LogP contribution in [0.4, 0.5) is 0 Å². The summed E-state index contributed by atoms with van der Waals surface area (Å²) in [4.78, 5) is 14.2. The van der Waals surface area contributed by atoms with E-state index in [0.29, 0.717) is 11.8 Å². The van der Waals surface area contributed by atoms with Crippen molar-refractivity contribution in [1.82, 2.24) is 4.90 Å². The van der Waals surface area contributed by atoms with Crippen LogP contribution >= 0.6 is 0 Å². The summed E-state index contributed by atoms with van der Waals surface area (Å²) in [5, 5.41) is 0. The highest BCUT2D eigenvalue weighted by Gasteiger charge is 2.25. The van der Waals surface area contributed by atoms with Crippen LogP contribution in [0.2, 0.25) is 0 Å². The minimum Gasteiger partial charge on any atom is -0.343 e. The van der Waals surface area contributed by atoms with Crippen LogP contribution in [0, 0.1) is 11.8 Å². The quantitative estimate of drug-likeness (QED) is 0.835. The molecule has 1 heterocycles. The maximum Gasteiger partial charge on any atom is 0.222 e. The topological polar surface area (TPSA) is 46.3 Å². The van der Waals surface area contributed by atoms with Crippen molar-refractivity contribution >= 4 is 5.91 Å². The van der Waals surface area contributed by atoms with Gasteiger partial charge in [0.1, 0.15) is 0 Å². The highest BCUT2D eigenvalue weighted by Crippen LogP contribution is 2.29. The summed E-state index contributed by atoms with van der Waals surface area (Å²) >= 11 is 0. The van der Waals surface area contributed by atoms with Crippen LogP contribution in [0.3, 0.4) is 0 Å². The molecule has 1 aliphatic carbocycles. The van der Waals surface area contributed by atoms with E-state index in [1.165, 1.54) is 25.7 Å². The zero-order valence-corrected chi connectivity index (χ0v) is 11.7. The summed E-state index contributed by atoms with van der Waals surface area (Å²) in [5.74, 6) is 1.82. The Labute approximate surface area is 111 Å². The fourth-order valence-electron chi connectivity index (χ4n) is 3.46. The van der Waals surface area contributed by atoms with Crippen molar-refractivity contribution in [3.63, 3.8) is 0 Å². The molecule has 3 heteroatoms. The van der Waals surface area contributed by atoms with E-state index in [1.807, 2.05) is 0 Å². The summed E-state index contributed by atoms with van der Waals surface area (Å²) < 4.78 is 0. The number of nitrogens with two attached hydrogens (primary N) is 1. The number of rotatable bonds is 4. The molecule has 1 aliphatic heterocycles. The number of piperidine rings is 1. The van der Waals surface area contributed by atoms with Gasteiger partial charge in [0.05, 0.1) is 0 Å². The summed E-state index contributed by atoms with van der Waals surface area (Å²) in [6.45, 7) is 3.94. The molecule has 104 valence electrons. The minimum atomic E-state index is 0.278. The summed E-state index contributed by atoms with van der Waals surface area (Å²) in [6.07, 6.45) is 9.51. The highest BCUT2D eigenvalue weighted by atomic mass is 16.2. The smallest absolute Gasteiger partial charge is 0.222 e. The number of likely N-dealkylation sites (tertiary alicyclic amines) is 1. The lowest BCUT2D eigenvalue weighted by Crippen LogP contribution is -2.42. The van der Waals surface area contributed by atoms with Crippen molar-refractivity contribution in [3.8, 4) is 0 Å². The third-order valence-electron chi connectivity index (χ3n) is 4.88. The second-order valence-electron chi connectivity index (χ2n) is 6.27. The molecule has 1 amide bonds. The zero-order chi connectivity index (χ0) is 13.0. The predicted molar refractivity (Wildman–Crippen MR) is 74.1 cm³/mol. The normalized spacial score (nSPS) is 24.4. The standard InChI is InChI=1S/C15H28N2O/c1-12(16)14-8-10-17(11-9-14)15(18)7-6-13-4-2-3-5-13/h12-14H,2-11,16H2,1H3. The van der Waals surface area contributed by atoms with E-state index in [2.05, 4.69) is 11.8 Å². The van der Waals surface area contributed by atoms with Gasteiger partial charge in [0.25, 0.3) is 0 Å². The lowest BCUT2D eigenvalue weighted by atomic mass is 9.90. The van der Waals surface area contributed by atoms with Crippen LogP contribution in [-0.2, 0) is 4.79 Å². The van der Waals surface area contributed by atoms with Gasteiger partial charge in [-0.05, 0) is 38.0 Å². The van der Waals surface area contributed by atoms with E-state index >= 15 is 0 Å². The molecule has 0 aromatic heterocycles. The Balaban J connectivity index is 1.67. The summed E-state index contributed by atoms with van der Waals surface area (Å²) in [7, 11) is 0. The van der Waals surface area contributed by atoms with Gasteiger partial charge in [-0.15, -0.1) is 0 Å². The molecule has 0 radical (unpaired) electrons. The van der Waals surface area contributed by atoms with Crippen molar-refractivity contribution in [3.05, 3.63) is 0 Å². The molecule has 1 saturated heterocycles. The first-order valence-electron chi connectivity index (χ1n) is 7.70. The molecule has 0 bridgehead atoms. The van der Waals surface area contributed by atoms with E-state index < -0.39 is 0 Å². The number of carbonyl (C=O) groups is 1. The van der Waals surface area contributed by atoms with Crippen LogP contribution in [-0.4, -0.2) is 29.9 Å². The second-order valence-corrected chi connectivity index (χ2v) is 6.27. The molecular formula is C15H28N2O. The monoisotopic (exact) mass is 252 g/mol.